The van der Waals surface area contributed by atoms with E-state index < -0.39 is 0 Å². The third-order valence-corrected chi connectivity index (χ3v) is 4.68. The van der Waals surface area contributed by atoms with Crippen LogP contribution in [0.15, 0.2) is 48.5 Å². The molecule has 1 aliphatic heterocycles. The van der Waals surface area contributed by atoms with E-state index in [9.17, 15) is 4.79 Å². The van der Waals surface area contributed by atoms with E-state index in [0.717, 1.165) is 32.7 Å². The Morgan fingerprint density at radius 1 is 1.12 bits per heavy atom. The number of para-hydroxylation sites is 1. The van der Waals surface area contributed by atoms with Crippen molar-refractivity contribution in [3.05, 3.63) is 48.5 Å². The number of nitrogen functional groups attached to an aromatic ring is 1. The standard InChI is InChI=1S/C20H26N4O2/c1-26-17-7-8-18(21)19(15-17)22-20(25)9-10-23-11-13-24(14-12-23)16-5-3-2-4-6-16/h2-8,15H,9-14,21H2,1H3,(H,22,25). The summed E-state index contributed by atoms with van der Waals surface area (Å²) in [5.41, 5.74) is 8.32. The fourth-order valence-electron chi connectivity index (χ4n) is 3.11. The minimum atomic E-state index is -0.0320. The topological polar surface area (TPSA) is 70.8 Å². The first-order valence-electron chi connectivity index (χ1n) is 8.91. The number of piperazine rings is 1. The molecular weight excluding hydrogens is 328 g/mol. The number of anilines is 3. The number of hydrogen-bond donors (Lipinski definition) is 2. The summed E-state index contributed by atoms with van der Waals surface area (Å²) in [6.45, 7) is 4.63. The maximum absolute atomic E-state index is 12.2. The highest BCUT2D eigenvalue weighted by molar-refractivity contribution is 5.94. The van der Waals surface area contributed by atoms with Gasteiger partial charge in [0.25, 0.3) is 0 Å². The van der Waals surface area contributed by atoms with E-state index in [0.29, 0.717) is 23.5 Å². The molecule has 0 spiro atoms. The number of nitrogens with two attached hydrogens (primary N) is 1. The van der Waals surface area contributed by atoms with Crippen molar-refractivity contribution in [2.45, 2.75) is 6.42 Å². The molecule has 2 aromatic rings. The Labute approximate surface area is 154 Å². The fraction of sp³-hybridized carbons (Fsp3) is 0.350. The lowest BCUT2D eigenvalue weighted by Gasteiger charge is -2.36. The Hall–Kier alpha value is -2.73. The number of rotatable bonds is 6. The number of nitrogens with zero attached hydrogens (tertiary/aromatic N) is 2. The molecule has 1 aliphatic rings. The Bertz CT molecular complexity index is 728. The molecule has 6 heteroatoms. The van der Waals surface area contributed by atoms with Crippen molar-refractivity contribution < 1.29 is 9.53 Å². The van der Waals surface area contributed by atoms with Crippen molar-refractivity contribution >= 4 is 23.0 Å². The van der Waals surface area contributed by atoms with E-state index in [2.05, 4.69) is 39.4 Å². The number of benzene rings is 2. The molecule has 1 saturated heterocycles. The van der Waals surface area contributed by atoms with Crippen LogP contribution in [0.25, 0.3) is 0 Å². The van der Waals surface area contributed by atoms with Crippen LogP contribution in [0.3, 0.4) is 0 Å². The van der Waals surface area contributed by atoms with Crippen LogP contribution >= 0.6 is 0 Å². The van der Waals surface area contributed by atoms with Crippen molar-refractivity contribution in [1.29, 1.82) is 0 Å². The van der Waals surface area contributed by atoms with Gasteiger partial charge in [-0.05, 0) is 24.3 Å². The molecule has 138 valence electrons. The molecule has 0 unspecified atom stereocenters. The molecule has 3 rings (SSSR count). The van der Waals surface area contributed by atoms with Crippen molar-refractivity contribution in [3.8, 4) is 5.75 Å². The summed E-state index contributed by atoms with van der Waals surface area (Å²) < 4.78 is 5.17. The third kappa shape index (κ3) is 4.67. The SMILES string of the molecule is COc1ccc(N)c(NC(=O)CCN2CCN(c3ccccc3)CC2)c1. The van der Waals surface area contributed by atoms with Crippen molar-refractivity contribution in [2.75, 3.05) is 55.8 Å². The molecule has 0 saturated carbocycles. The van der Waals surface area contributed by atoms with Gasteiger partial charge in [-0.3, -0.25) is 9.69 Å². The van der Waals surface area contributed by atoms with Gasteiger partial charge in [0.2, 0.25) is 5.91 Å². The minimum Gasteiger partial charge on any atom is -0.497 e. The number of amides is 1. The highest BCUT2D eigenvalue weighted by Crippen LogP contribution is 2.24. The lowest BCUT2D eigenvalue weighted by molar-refractivity contribution is -0.116. The summed E-state index contributed by atoms with van der Waals surface area (Å²) in [5, 5.41) is 2.88. The first-order valence-corrected chi connectivity index (χ1v) is 8.91. The van der Waals surface area contributed by atoms with E-state index in [4.69, 9.17) is 10.5 Å². The van der Waals surface area contributed by atoms with Crippen LogP contribution in [0, 0.1) is 0 Å². The molecule has 26 heavy (non-hydrogen) atoms. The molecule has 2 aromatic carbocycles. The number of carbonyl (C=O) groups is 1. The van der Waals surface area contributed by atoms with Gasteiger partial charge in [-0.25, -0.2) is 0 Å². The average Bonchev–Trinajstić information content (AvgIpc) is 2.69. The third-order valence-electron chi connectivity index (χ3n) is 4.68. The van der Waals surface area contributed by atoms with Crippen LogP contribution in [-0.2, 0) is 4.79 Å². The Morgan fingerprint density at radius 2 is 1.85 bits per heavy atom. The number of carbonyl (C=O) groups excluding carboxylic acids is 1. The van der Waals surface area contributed by atoms with E-state index >= 15 is 0 Å². The summed E-state index contributed by atoms with van der Waals surface area (Å²) >= 11 is 0. The monoisotopic (exact) mass is 354 g/mol. The van der Waals surface area contributed by atoms with Gasteiger partial charge in [0.1, 0.15) is 5.75 Å². The Kier molecular flexibility index (Phi) is 5.96. The zero-order valence-electron chi connectivity index (χ0n) is 15.1. The first-order chi connectivity index (χ1) is 12.7. The molecular formula is C20H26N4O2. The molecule has 3 N–H and O–H groups in total. The highest BCUT2D eigenvalue weighted by atomic mass is 16.5. The summed E-state index contributed by atoms with van der Waals surface area (Å²) in [6.07, 6.45) is 0.446. The van der Waals surface area contributed by atoms with Gasteiger partial charge in [0.15, 0.2) is 0 Å². The van der Waals surface area contributed by atoms with Crippen molar-refractivity contribution in [2.24, 2.45) is 0 Å². The van der Waals surface area contributed by atoms with Crippen LogP contribution < -0.4 is 20.7 Å². The molecule has 0 aliphatic carbocycles. The summed E-state index contributed by atoms with van der Waals surface area (Å²) in [4.78, 5) is 17.0. The predicted octanol–water partition coefficient (Wildman–Crippen LogP) is 2.43. The predicted molar refractivity (Wildman–Crippen MR) is 106 cm³/mol. The zero-order chi connectivity index (χ0) is 18.4. The smallest absolute Gasteiger partial charge is 0.225 e. The molecule has 0 radical (unpaired) electrons. The van der Waals surface area contributed by atoms with Crippen LogP contribution in [0.1, 0.15) is 6.42 Å². The molecule has 1 amide bonds. The second kappa shape index (κ2) is 8.58. The van der Waals surface area contributed by atoms with Crippen molar-refractivity contribution in [3.63, 3.8) is 0 Å². The summed E-state index contributed by atoms with van der Waals surface area (Å²) in [7, 11) is 1.59. The van der Waals surface area contributed by atoms with E-state index in [-0.39, 0.29) is 5.91 Å². The van der Waals surface area contributed by atoms with Crippen LogP contribution in [0.2, 0.25) is 0 Å². The highest BCUT2D eigenvalue weighted by Gasteiger charge is 2.17. The maximum Gasteiger partial charge on any atom is 0.225 e. The second-order valence-corrected chi connectivity index (χ2v) is 6.42. The Morgan fingerprint density at radius 3 is 2.54 bits per heavy atom. The van der Waals surface area contributed by atoms with E-state index in [1.54, 1.807) is 25.3 Å². The number of methoxy groups -OCH3 is 1. The number of ether oxygens (including phenoxy) is 1. The van der Waals surface area contributed by atoms with E-state index in [1.165, 1.54) is 5.69 Å². The quantitative estimate of drug-likeness (QED) is 0.780. The first kappa shape index (κ1) is 18.1. The molecule has 1 fully saturated rings. The van der Waals surface area contributed by atoms with Gasteiger partial charge in [0, 0.05) is 50.9 Å². The Balaban J connectivity index is 1.44. The average molecular weight is 354 g/mol. The summed E-state index contributed by atoms with van der Waals surface area (Å²) in [5.74, 6) is 0.641. The lowest BCUT2D eigenvalue weighted by Crippen LogP contribution is -2.47. The van der Waals surface area contributed by atoms with Gasteiger partial charge in [0.05, 0.1) is 18.5 Å². The fourth-order valence-corrected chi connectivity index (χ4v) is 3.11. The molecule has 0 atom stereocenters. The van der Waals surface area contributed by atoms with Gasteiger partial charge in [-0.1, -0.05) is 18.2 Å². The zero-order valence-corrected chi connectivity index (χ0v) is 15.1. The molecule has 6 nitrogen and oxygen atoms in total. The van der Waals surface area contributed by atoms with Gasteiger partial charge in [-0.15, -0.1) is 0 Å². The van der Waals surface area contributed by atoms with Gasteiger partial charge in [-0.2, -0.15) is 0 Å². The molecule has 1 heterocycles. The van der Waals surface area contributed by atoms with Crippen LogP contribution in [0.5, 0.6) is 5.75 Å². The van der Waals surface area contributed by atoms with Gasteiger partial charge >= 0.3 is 0 Å². The normalized spacial score (nSPS) is 14.9. The van der Waals surface area contributed by atoms with Crippen molar-refractivity contribution in [1.82, 2.24) is 4.90 Å². The molecule has 0 aromatic heterocycles. The summed E-state index contributed by atoms with van der Waals surface area (Å²) in [6, 6.07) is 15.7. The van der Waals surface area contributed by atoms with Crippen LogP contribution in [-0.4, -0.2) is 50.6 Å². The second-order valence-electron chi connectivity index (χ2n) is 6.42. The largest absolute Gasteiger partial charge is 0.497 e. The van der Waals surface area contributed by atoms with E-state index in [1.807, 2.05) is 6.07 Å². The number of hydrogen-bond acceptors (Lipinski definition) is 5. The van der Waals surface area contributed by atoms with Crippen LogP contribution in [0.4, 0.5) is 17.1 Å². The lowest BCUT2D eigenvalue weighted by atomic mass is 10.2. The molecule has 0 bridgehead atoms. The maximum atomic E-state index is 12.2. The number of nitrogens with one attached hydrogen (secondary N) is 1. The van der Waals surface area contributed by atoms with Gasteiger partial charge < -0.3 is 20.7 Å². The minimum absolute atomic E-state index is 0.0320.